The Labute approximate surface area is 73.4 Å². The van der Waals surface area contributed by atoms with Gasteiger partial charge in [0.1, 0.15) is 0 Å². The lowest BCUT2D eigenvalue weighted by molar-refractivity contribution is -0.119. The van der Waals surface area contributed by atoms with Gasteiger partial charge in [0.05, 0.1) is 6.04 Å². The number of hydrogen-bond donors (Lipinski definition) is 1. The van der Waals surface area contributed by atoms with Crippen LogP contribution in [0.5, 0.6) is 0 Å². The lowest BCUT2D eigenvalue weighted by Gasteiger charge is -2.20. The molecule has 1 atom stereocenters. The second-order valence-corrected chi connectivity index (χ2v) is 3.68. The van der Waals surface area contributed by atoms with Gasteiger partial charge in [-0.2, -0.15) is 0 Å². The minimum atomic E-state index is -0.0205. The van der Waals surface area contributed by atoms with Crippen molar-refractivity contribution in [3.8, 4) is 0 Å². The SMILES string of the molecule is CC(=O)NC(C(C)=S)C(C)C. The zero-order chi connectivity index (χ0) is 9.02. The van der Waals surface area contributed by atoms with E-state index in [0.29, 0.717) is 5.92 Å². The fourth-order valence-corrected chi connectivity index (χ4v) is 1.29. The van der Waals surface area contributed by atoms with Crippen LogP contribution in [0.1, 0.15) is 27.7 Å². The van der Waals surface area contributed by atoms with Crippen LogP contribution in [0.15, 0.2) is 0 Å². The van der Waals surface area contributed by atoms with E-state index in [9.17, 15) is 4.79 Å². The first kappa shape index (κ1) is 10.6. The predicted molar refractivity (Wildman–Crippen MR) is 50.7 cm³/mol. The lowest BCUT2D eigenvalue weighted by Crippen LogP contribution is -2.41. The van der Waals surface area contributed by atoms with E-state index < -0.39 is 0 Å². The molecule has 0 aliphatic rings. The summed E-state index contributed by atoms with van der Waals surface area (Å²) in [6.07, 6.45) is 0. The van der Waals surface area contributed by atoms with Crippen LogP contribution in [0, 0.1) is 5.92 Å². The van der Waals surface area contributed by atoms with Crippen LogP contribution >= 0.6 is 12.2 Å². The number of rotatable bonds is 3. The van der Waals surface area contributed by atoms with Gasteiger partial charge in [-0.3, -0.25) is 4.79 Å². The summed E-state index contributed by atoms with van der Waals surface area (Å²) in [4.78, 5) is 11.5. The molecule has 1 unspecified atom stereocenters. The number of thiocarbonyl (C=S) groups is 1. The first-order valence-corrected chi connectivity index (χ1v) is 4.13. The molecule has 0 aliphatic carbocycles. The van der Waals surface area contributed by atoms with Gasteiger partial charge in [-0.25, -0.2) is 0 Å². The molecular formula is C8H15NOS. The molecular weight excluding hydrogens is 158 g/mol. The van der Waals surface area contributed by atoms with Crippen LogP contribution in [0.25, 0.3) is 0 Å². The third kappa shape index (κ3) is 4.09. The number of amides is 1. The Kier molecular flexibility index (Phi) is 4.26. The van der Waals surface area contributed by atoms with Crippen LogP contribution in [-0.4, -0.2) is 16.8 Å². The van der Waals surface area contributed by atoms with E-state index in [1.165, 1.54) is 6.92 Å². The minimum Gasteiger partial charge on any atom is -0.349 e. The predicted octanol–water partition coefficient (Wildman–Crippen LogP) is 1.54. The third-order valence-electron chi connectivity index (χ3n) is 1.46. The van der Waals surface area contributed by atoms with E-state index in [-0.39, 0.29) is 11.9 Å². The molecule has 0 bridgehead atoms. The van der Waals surface area contributed by atoms with Gasteiger partial charge >= 0.3 is 0 Å². The average Bonchev–Trinajstić information content (AvgIpc) is 1.81. The number of carbonyl (C=O) groups excluding carboxylic acids is 1. The third-order valence-corrected chi connectivity index (χ3v) is 1.72. The summed E-state index contributed by atoms with van der Waals surface area (Å²) in [5.41, 5.74) is 0. The van der Waals surface area contributed by atoms with Crippen LogP contribution in [0.2, 0.25) is 0 Å². The van der Waals surface area contributed by atoms with Crippen molar-refractivity contribution in [3.63, 3.8) is 0 Å². The molecule has 0 aromatic rings. The van der Waals surface area contributed by atoms with Crippen molar-refractivity contribution in [3.05, 3.63) is 0 Å². The second-order valence-electron chi connectivity index (χ2n) is 3.03. The molecule has 2 nitrogen and oxygen atoms in total. The first-order valence-electron chi connectivity index (χ1n) is 3.72. The summed E-state index contributed by atoms with van der Waals surface area (Å²) in [7, 11) is 0. The van der Waals surface area contributed by atoms with Crippen molar-refractivity contribution in [1.82, 2.24) is 5.32 Å². The Bertz CT molecular complexity index is 165. The zero-order valence-corrected chi connectivity index (χ0v) is 8.29. The monoisotopic (exact) mass is 173 g/mol. The molecule has 0 aromatic heterocycles. The quantitative estimate of drug-likeness (QED) is 0.656. The summed E-state index contributed by atoms with van der Waals surface area (Å²) in [5.74, 6) is 0.351. The molecule has 1 amide bonds. The van der Waals surface area contributed by atoms with Crippen molar-refractivity contribution in [1.29, 1.82) is 0 Å². The van der Waals surface area contributed by atoms with Crippen molar-refractivity contribution in [2.24, 2.45) is 5.92 Å². The highest BCUT2D eigenvalue weighted by Crippen LogP contribution is 2.03. The van der Waals surface area contributed by atoms with Gasteiger partial charge in [0, 0.05) is 11.8 Å². The molecule has 0 rings (SSSR count). The van der Waals surface area contributed by atoms with E-state index in [1.807, 2.05) is 20.8 Å². The van der Waals surface area contributed by atoms with Crippen LogP contribution in [0.4, 0.5) is 0 Å². The van der Waals surface area contributed by atoms with Crippen LogP contribution in [0.3, 0.4) is 0 Å². The molecule has 0 aliphatic heterocycles. The van der Waals surface area contributed by atoms with Gasteiger partial charge in [0.25, 0.3) is 0 Å². The number of carbonyl (C=O) groups is 1. The van der Waals surface area contributed by atoms with Gasteiger partial charge in [-0.15, -0.1) is 0 Å². The topological polar surface area (TPSA) is 29.1 Å². The van der Waals surface area contributed by atoms with Gasteiger partial charge in [0.2, 0.25) is 5.91 Å². The molecule has 0 spiro atoms. The van der Waals surface area contributed by atoms with Crippen LogP contribution < -0.4 is 5.32 Å². The maximum Gasteiger partial charge on any atom is 0.217 e. The van der Waals surface area contributed by atoms with Crippen LogP contribution in [-0.2, 0) is 4.79 Å². The van der Waals surface area contributed by atoms with E-state index in [4.69, 9.17) is 12.2 Å². The van der Waals surface area contributed by atoms with E-state index in [0.717, 1.165) is 4.86 Å². The maximum atomic E-state index is 10.7. The summed E-state index contributed by atoms with van der Waals surface area (Å²) in [6, 6.07) is 0.0440. The smallest absolute Gasteiger partial charge is 0.217 e. The normalized spacial score (nSPS) is 12.8. The summed E-state index contributed by atoms with van der Waals surface area (Å²) in [5, 5.41) is 2.80. The number of hydrogen-bond acceptors (Lipinski definition) is 2. The summed E-state index contributed by atoms with van der Waals surface area (Å²) in [6.45, 7) is 7.44. The molecule has 0 aromatic carbocycles. The fraction of sp³-hybridized carbons (Fsp3) is 0.750. The highest BCUT2D eigenvalue weighted by molar-refractivity contribution is 7.80. The van der Waals surface area contributed by atoms with E-state index >= 15 is 0 Å². The molecule has 11 heavy (non-hydrogen) atoms. The van der Waals surface area contributed by atoms with Gasteiger partial charge in [-0.1, -0.05) is 26.1 Å². The average molecular weight is 173 g/mol. The van der Waals surface area contributed by atoms with E-state index in [1.54, 1.807) is 0 Å². The first-order chi connectivity index (χ1) is 4.95. The van der Waals surface area contributed by atoms with E-state index in [2.05, 4.69) is 5.32 Å². The Hall–Kier alpha value is -0.440. The van der Waals surface area contributed by atoms with Crippen molar-refractivity contribution in [2.75, 3.05) is 0 Å². The zero-order valence-electron chi connectivity index (χ0n) is 7.47. The lowest BCUT2D eigenvalue weighted by atomic mass is 10.0. The van der Waals surface area contributed by atoms with Crippen molar-refractivity contribution in [2.45, 2.75) is 33.7 Å². The maximum absolute atomic E-state index is 10.7. The van der Waals surface area contributed by atoms with Crippen molar-refractivity contribution < 1.29 is 4.79 Å². The molecule has 0 heterocycles. The molecule has 3 heteroatoms. The molecule has 1 N–H and O–H groups in total. The molecule has 0 saturated heterocycles. The van der Waals surface area contributed by atoms with Gasteiger partial charge in [-0.05, 0) is 12.8 Å². The highest BCUT2D eigenvalue weighted by Gasteiger charge is 2.15. The molecule has 0 fully saturated rings. The Morgan fingerprint density at radius 1 is 1.36 bits per heavy atom. The number of nitrogens with one attached hydrogen (secondary N) is 1. The minimum absolute atomic E-state index is 0.0205. The summed E-state index contributed by atoms with van der Waals surface area (Å²) >= 11 is 5.00. The van der Waals surface area contributed by atoms with Gasteiger partial charge < -0.3 is 5.32 Å². The highest BCUT2D eigenvalue weighted by atomic mass is 32.1. The Morgan fingerprint density at radius 2 is 1.82 bits per heavy atom. The standard InChI is InChI=1S/C8H15NOS/c1-5(2)8(6(3)11)9-7(4)10/h5,8H,1-4H3,(H,9,10). The molecule has 64 valence electrons. The summed E-state index contributed by atoms with van der Waals surface area (Å²) < 4.78 is 0. The molecule has 0 radical (unpaired) electrons. The molecule has 0 saturated carbocycles. The Balaban J connectivity index is 4.12. The Morgan fingerprint density at radius 3 is 1.91 bits per heavy atom. The van der Waals surface area contributed by atoms with Crippen molar-refractivity contribution >= 4 is 23.0 Å². The van der Waals surface area contributed by atoms with Gasteiger partial charge in [0.15, 0.2) is 0 Å². The fourth-order valence-electron chi connectivity index (χ4n) is 0.957. The second kappa shape index (κ2) is 4.44. The largest absolute Gasteiger partial charge is 0.349 e.